The zero-order chi connectivity index (χ0) is 17.4. The monoisotopic (exact) mass is 330 g/mol. The van der Waals surface area contributed by atoms with Gasteiger partial charge in [-0.1, -0.05) is 29.8 Å². The highest BCUT2D eigenvalue weighted by Gasteiger charge is 2.20. The van der Waals surface area contributed by atoms with E-state index in [1.165, 1.54) is 5.56 Å². The smallest absolute Gasteiger partial charge is 0.144 e. The number of anilines is 1. The molecular formula is C20H18N4O. The molecule has 0 fully saturated rings. The molecule has 0 aliphatic heterocycles. The number of nitrogens with zero attached hydrogens (tertiary/aromatic N) is 2. The van der Waals surface area contributed by atoms with Crippen molar-refractivity contribution in [1.29, 1.82) is 0 Å². The van der Waals surface area contributed by atoms with E-state index in [2.05, 4.69) is 46.1 Å². The first kappa shape index (κ1) is 15.2. The van der Waals surface area contributed by atoms with Crippen molar-refractivity contribution in [2.75, 3.05) is 12.8 Å². The largest absolute Gasteiger partial charge is 0.496 e. The van der Waals surface area contributed by atoms with E-state index in [0.717, 1.165) is 27.8 Å². The average Bonchev–Trinajstić information content (AvgIpc) is 3.01. The lowest BCUT2D eigenvalue weighted by Gasteiger charge is -2.08. The fourth-order valence-corrected chi connectivity index (χ4v) is 3.08. The minimum Gasteiger partial charge on any atom is -0.496 e. The van der Waals surface area contributed by atoms with Gasteiger partial charge < -0.3 is 15.5 Å². The molecule has 5 heteroatoms. The Labute approximate surface area is 145 Å². The van der Waals surface area contributed by atoms with E-state index in [-0.39, 0.29) is 0 Å². The third kappa shape index (κ3) is 2.59. The molecule has 0 bridgehead atoms. The number of pyridine rings is 2. The number of ether oxygens (including phenoxy) is 1. The molecule has 3 aromatic heterocycles. The first-order valence-electron chi connectivity index (χ1n) is 8.01. The van der Waals surface area contributed by atoms with Crippen LogP contribution < -0.4 is 10.5 Å². The standard InChI is InChI=1S/C20H18N4O/c1-12-3-5-14(6-4-12)19-17(13-7-9-22-10-8-13)18-15(25-2)11-16(21)23-20(18)24-19/h3-11H,1-2H3,(H3,21,23,24). The topological polar surface area (TPSA) is 76.8 Å². The van der Waals surface area contributed by atoms with Gasteiger partial charge in [0.1, 0.15) is 17.2 Å². The number of fused-ring (bicyclic) bond motifs is 1. The molecule has 0 saturated heterocycles. The summed E-state index contributed by atoms with van der Waals surface area (Å²) in [6, 6.07) is 14.1. The van der Waals surface area contributed by atoms with Crippen molar-refractivity contribution in [1.82, 2.24) is 15.0 Å². The SMILES string of the molecule is COc1cc(N)nc2[nH]c(-c3ccc(C)cc3)c(-c3ccncc3)c12. The number of nitrogen functional groups attached to an aromatic ring is 1. The van der Waals surface area contributed by atoms with E-state index < -0.39 is 0 Å². The van der Waals surface area contributed by atoms with Gasteiger partial charge in [-0.3, -0.25) is 4.98 Å². The van der Waals surface area contributed by atoms with Gasteiger partial charge in [0, 0.05) is 24.0 Å². The summed E-state index contributed by atoms with van der Waals surface area (Å²) in [5.41, 5.74) is 12.0. The van der Waals surface area contributed by atoms with E-state index in [4.69, 9.17) is 10.5 Å². The number of hydrogen-bond donors (Lipinski definition) is 2. The number of benzene rings is 1. The predicted molar refractivity (Wildman–Crippen MR) is 100 cm³/mol. The van der Waals surface area contributed by atoms with Crippen LogP contribution >= 0.6 is 0 Å². The summed E-state index contributed by atoms with van der Waals surface area (Å²) in [5, 5.41) is 0.915. The molecule has 0 aliphatic rings. The van der Waals surface area contributed by atoms with Crippen molar-refractivity contribution in [3.63, 3.8) is 0 Å². The van der Waals surface area contributed by atoms with Crippen LogP contribution in [0.25, 0.3) is 33.4 Å². The van der Waals surface area contributed by atoms with Gasteiger partial charge in [-0.2, -0.15) is 0 Å². The van der Waals surface area contributed by atoms with E-state index in [9.17, 15) is 0 Å². The summed E-state index contributed by atoms with van der Waals surface area (Å²) >= 11 is 0. The predicted octanol–water partition coefficient (Wildman–Crippen LogP) is 4.19. The number of rotatable bonds is 3. The van der Waals surface area contributed by atoms with E-state index in [1.807, 2.05) is 12.1 Å². The van der Waals surface area contributed by atoms with Crippen LogP contribution in [-0.4, -0.2) is 22.1 Å². The van der Waals surface area contributed by atoms with Gasteiger partial charge in [0.15, 0.2) is 0 Å². The van der Waals surface area contributed by atoms with Gasteiger partial charge >= 0.3 is 0 Å². The second-order valence-corrected chi connectivity index (χ2v) is 5.95. The Hall–Kier alpha value is -3.34. The van der Waals surface area contributed by atoms with Crippen LogP contribution in [-0.2, 0) is 0 Å². The first-order valence-corrected chi connectivity index (χ1v) is 8.01. The van der Waals surface area contributed by atoms with Crippen molar-refractivity contribution in [2.24, 2.45) is 0 Å². The molecule has 0 aliphatic carbocycles. The Morgan fingerprint density at radius 2 is 1.72 bits per heavy atom. The van der Waals surface area contributed by atoms with Crippen molar-refractivity contribution in [3.05, 3.63) is 60.4 Å². The highest BCUT2D eigenvalue weighted by atomic mass is 16.5. The quantitative estimate of drug-likeness (QED) is 0.590. The fraction of sp³-hybridized carbons (Fsp3) is 0.100. The Morgan fingerprint density at radius 1 is 1.00 bits per heavy atom. The number of methoxy groups -OCH3 is 1. The number of aromatic nitrogens is 3. The third-order valence-electron chi connectivity index (χ3n) is 4.28. The lowest BCUT2D eigenvalue weighted by Crippen LogP contribution is -1.93. The average molecular weight is 330 g/mol. The van der Waals surface area contributed by atoms with Crippen LogP contribution in [0.3, 0.4) is 0 Å². The number of H-pyrrole nitrogens is 1. The lowest BCUT2D eigenvalue weighted by atomic mass is 9.99. The second kappa shape index (κ2) is 5.94. The van der Waals surface area contributed by atoms with Crippen LogP contribution in [0.1, 0.15) is 5.56 Å². The molecular weight excluding hydrogens is 312 g/mol. The molecule has 0 saturated carbocycles. The van der Waals surface area contributed by atoms with E-state index >= 15 is 0 Å². The van der Waals surface area contributed by atoms with E-state index in [1.54, 1.807) is 25.6 Å². The molecule has 3 N–H and O–H groups in total. The van der Waals surface area contributed by atoms with Crippen molar-refractivity contribution >= 4 is 16.9 Å². The van der Waals surface area contributed by atoms with Gasteiger partial charge in [-0.15, -0.1) is 0 Å². The molecule has 0 atom stereocenters. The molecule has 3 heterocycles. The van der Waals surface area contributed by atoms with Crippen molar-refractivity contribution < 1.29 is 4.74 Å². The van der Waals surface area contributed by atoms with Crippen LogP contribution in [0.5, 0.6) is 5.75 Å². The fourth-order valence-electron chi connectivity index (χ4n) is 3.08. The number of hydrogen-bond acceptors (Lipinski definition) is 4. The van der Waals surface area contributed by atoms with Gasteiger partial charge in [0.25, 0.3) is 0 Å². The zero-order valence-corrected chi connectivity index (χ0v) is 14.1. The summed E-state index contributed by atoms with van der Waals surface area (Å²) in [7, 11) is 1.64. The summed E-state index contributed by atoms with van der Waals surface area (Å²) in [6.07, 6.45) is 3.56. The number of aromatic amines is 1. The van der Waals surface area contributed by atoms with Gasteiger partial charge in [0.2, 0.25) is 0 Å². The van der Waals surface area contributed by atoms with Crippen LogP contribution in [0.4, 0.5) is 5.82 Å². The first-order chi connectivity index (χ1) is 12.2. The number of nitrogens with two attached hydrogens (primary N) is 1. The Kier molecular flexibility index (Phi) is 3.61. The van der Waals surface area contributed by atoms with Crippen LogP contribution in [0.2, 0.25) is 0 Å². The minimum atomic E-state index is 0.419. The maximum absolute atomic E-state index is 5.94. The molecule has 4 rings (SSSR count). The molecule has 5 nitrogen and oxygen atoms in total. The van der Waals surface area contributed by atoms with Crippen molar-refractivity contribution in [3.8, 4) is 28.1 Å². The third-order valence-corrected chi connectivity index (χ3v) is 4.28. The maximum Gasteiger partial charge on any atom is 0.144 e. The molecule has 0 radical (unpaired) electrons. The normalized spacial score (nSPS) is 11.0. The Balaban J connectivity index is 2.10. The second-order valence-electron chi connectivity index (χ2n) is 5.95. The van der Waals surface area contributed by atoms with Crippen LogP contribution in [0, 0.1) is 6.92 Å². The molecule has 1 aromatic carbocycles. The lowest BCUT2D eigenvalue weighted by molar-refractivity contribution is 0.420. The molecule has 0 spiro atoms. The van der Waals surface area contributed by atoms with Gasteiger partial charge in [-0.25, -0.2) is 4.98 Å². The Morgan fingerprint density at radius 3 is 2.40 bits per heavy atom. The molecule has 0 unspecified atom stereocenters. The van der Waals surface area contributed by atoms with Crippen LogP contribution in [0.15, 0.2) is 54.9 Å². The Bertz CT molecular complexity index is 1040. The summed E-state index contributed by atoms with van der Waals surface area (Å²) in [6.45, 7) is 2.07. The van der Waals surface area contributed by atoms with Gasteiger partial charge in [-0.05, 0) is 30.2 Å². The summed E-state index contributed by atoms with van der Waals surface area (Å²) < 4.78 is 5.58. The molecule has 25 heavy (non-hydrogen) atoms. The van der Waals surface area contributed by atoms with Gasteiger partial charge in [0.05, 0.1) is 18.2 Å². The van der Waals surface area contributed by atoms with Crippen molar-refractivity contribution in [2.45, 2.75) is 6.92 Å². The molecule has 0 amide bonds. The van der Waals surface area contributed by atoms with E-state index in [0.29, 0.717) is 17.2 Å². The molecule has 4 aromatic rings. The molecule has 124 valence electrons. The summed E-state index contributed by atoms with van der Waals surface area (Å²) in [5.74, 6) is 1.12. The maximum atomic E-state index is 5.94. The number of aryl methyl sites for hydroxylation is 1. The summed E-state index contributed by atoms with van der Waals surface area (Å²) in [4.78, 5) is 12.0. The minimum absolute atomic E-state index is 0.419. The zero-order valence-electron chi connectivity index (χ0n) is 14.1. The number of nitrogens with one attached hydrogen (secondary N) is 1. The highest BCUT2D eigenvalue weighted by molar-refractivity contribution is 6.06. The highest BCUT2D eigenvalue weighted by Crippen LogP contribution is 2.42.